The van der Waals surface area contributed by atoms with Crippen LogP contribution in [0, 0.1) is 5.82 Å². The lowest BCUT2D eigenvalue weighted by Crippen LogP contribution is -2.43. The number of nitrogens with zero attached hydrogens (tertiary/aromatic N) is 1. The molecule has 1 aliphatic rings. The van der Waals surface area contributed by atoms with Gasteiger partial charge in [0.1, 0.15) is 0 Å². The van der Waals surface area contributed by atoms with Crippen molar-refractivity contribution in [1.82, 2.24) is 5.32 Å². The van der Waals surface area contributed by atoms with Gasteiger partial charge in [-0.15, -0.1) is 12.4 Å². The van der Waals surface area contributed by atoms with Crippen LogP contribution in [0.2, 0.25) is 5.02 Å². The standard InChI is InChI=1S/C12H12ClFN2O.ClH/c13-9-7-10(16-4-2-15-3-5-16)12-8(11(9)14)1-6-17-12;/h1,6-7,15H,2-5H2;1H. The first kappa shape index (κ1) is 13.5. The average molecular weight is 291 g/mol. The second-order valence-corrected chi connectivity index (χ2v) is 4.50. The van der Waals surface area contributed by atoms with E-state index < -0.39 is 5.82 Å². The molecule has 0 unspecified atom stereocenters. The fourth-order valence-electron chi connectivity index (χ4n) is 2.20. The molecule has 0 spiro atoms. The third kappa shape index (κ3) is 2.16. The van der Waals surface area contributed by atoms with Crippen LogP contribution >= 0.6 is 24.0 Å². The normalized spacial score (nSPS) is 15.8. The number of benzene rings is 1. The molecule has 0 atom stereocenters. The van der Waals surface area contributed by atoms with E-state index in [-0.39, 0.29) is 17.4 Å². The van der Waals surface area contributed by atoms with Gasteiger partial charge in [0.05, 0.1) is 22.4 Å². The Morgan fingerprint density at radius 2 is 2.06 bits per heavy atom. The highest BCUT2D eigenvalue weighted by molar-refractivity contribution is 6.32. The highest BCUT2D eigenvalue weighted by atomic mass is 35.5. The molecule has 0 radical (unpaired) electrons. The Balaban J connectivity index is 0.00000120. The molecule has 2 aromatic rings. The zero-order valence-electron chi connectivity index (χ0n) is 9.58. The number of rotatable bonds is 1. The number of nitrogens with one attached hydrogen (secondary N) is 1. The SMILES string of the molecule is Cl.Fc1c(Cl)cc(N2CCNCC2)c2occc12. The Labute approximate surface area is 115 Å². The van der Waals surface area contributed by atoms with Crippen LogP contribution in [0.15, 0.2) is 22.8 Å². The summed E-state index contributed by atoms with van der Waals surface area (Å²) in [4.78, 5) is 2.16. The van der Waals surface area contributed by atoms with Crippen molar-refractivity contribution in [2.45, 2.75) is 0 Å². The lowest BCUT2D eigenvalue weighted by Gasteiger charge is -2.29. The molecule has 3 nitrogen and oxygen atoms in total. The lowest BCUT2D eigenvalue weighted by molar-refractivity contribution is 0.577. The Bertz CT molecular complexity index is 552. The van der Waals surface area contributed by atoms with Crippen LogP contribution in [-0.2, 0) is 0 Å². The molecule has 2 heterocycles. The number of halogens is 3. The third-order valence-electron chi connectivity index (χ3n) is 3.07. The first-order chi connectivity index (χ1) is 8.27. The van der Waals surface area contributed by atoms with Crippen molar-refractivity contribution in [2.75, 3.05) is 31.1 Å². The van der Waals surface area contributed by atoms with Gasteiger partial charge in [0.2, 0.25) is 0 Å². The molecular weight excluding hydrogens is 278 g/mol. The van der Waals surface area contributed by atoms with Gasteiger partial charge in [-0.2, -0.15) is 0 Å². The Hall–Kier alpha value is -0.970. The molecule has 98 valence electrons. The molecule has 0 bridgehead atoms. The van der Waals surface area contributed by atoms with Crippen molar-refractivity contribution in [3.63, 3.8) is 0 Å². The van der Waals surface area contributed by atoms with E-state index in [0.717, 1.165) is 31.9 Å². The average Bonchev–Trinajstić information content (AvgIpc) is 2.84. The number of piperazine rings is 1. The van der Waals surface area contributed by atoms with E-state index in [1.54, 1.807) is 12.1 Å². The predicted octanol–water partition coefficient (Wildman–Crippen LogP) is 3.06. The Morgan fingerprint density at radius 3 is 2.78 bits per heavy atom. The minimum Gasteiger partial charge on any atom is -0.462 e. The molecular formula is C12H13Cl2FN2O. The number of hydrogen-bond acceptors (Lipinski definition) is 3. The molecule has 1 N–H and O–H groups in total. The van der Waals surface area contributed by atoms with Gasteiger partial charge in [-0.05, 0) is 12.1 Å². The fraction of sp³-hybridized carbons (Fsp3) is 0.333. The predicted molar refractivity (Wildman–Crippen MR) is 73.5 cm³/mol. The quantitative estimate of drug-likeness (QED) is 0.875. The summed E-state index contributed by atoms with van der Waals surface area (Å²) >= 11 is 5.91. The molecule has 1 aromatic heterocycles. The van der Waals surface area contributed by atoms with Gasteiger partial charge in [0.25, 0.3) is 0 Å². The van der Waals surface area contributed by atoms with Crippen molar-refractivity contribution < 1.29 is 8.81 Å². The highest BCUT2D eigenvalue weighted by Crippen LogP contribution is 2.34. The summed E-state index contributed by atoms with van der Waals surface area (Å²) in [5.41, 5.74) is 1.45. The Kier molecular flexibility index (Phi) is 4.00. The molecule has 1 aromatic carbocycles. The van der Waals surface area contributed by atoms with Gasteiger partial charge in [0.15, 0.2) is 11.4 Å². The van der Waals surface area contributed by atoms with Gasteiger partial charge in [-0.1, -0.05) is 11.6 Å². The van der Waals surface area contributed by atoms with Crippen molar-refractivity contribution >= 4 is 40.7 Å². The maximum atomic E-state index is 13.8. The molecule has 0 amide bonds. The molecule has 0 saturated carbocycles. The van der Waals surface area contributed by atoms with Gasteiger partial charge < -0.3 is 14.6 Å². The van der Waals surface area contributed by atoms with E-state index >= 15 is 0 Å². The summed E-state index contributed by atoms with van der Waals surface area (Å²) in [6, 6.07) is 3.26. The van der Waals surface area contributed by atoms with Gasteiger partial charge in [0, 0.05) is 26.2 Å². The smallest absolute Gasteiger partial charge is 0.160 e. The Morgan fingerprint density at radius 1 is 1.33 bits per heavy atom. The van der Waals surface area contributed by atoms with Crippen LogP contribution in [-0.4, -0.2) is 26.2 Å². The van der Waals surface area contributed by atoms with Crippen molar-refractivity contribution in [3.05, 3.63) is 29.2 Å². The minimum absolute atomic E-state index is 0. The van der Waals surface area contributed by atoms with E-state index in [4.69, 9.17) is 16.0 Å². The van der Waals surface area contributed by atoms with E-state index in [2.05, 4.69) is 10.2 Å². The summed E-state index contributed by atoms with van der Waals surface area (Å²) < 4.78 is 19.1. The minimum atomic E-state index is -0.408. The summed E-state index contributed by atoms with van der Waals surface area (Å²) in [6.07, 6.45) is 1.50. The maximum Gasteiger partial charge on any atom is 0.160 e. The van der Waals surface area contributed by atoms with E-state index in [9.17, 15) is 4.39 Å². The maximum absolute atomic E-state index is 13.8. The molecule has 1 saturated heterocycles. The van der Waals surface area contributed by atoms with Gasteiger partial charge in [-0.25, -0.2) is 4.39 Å². The second-order valence-electron chi connectivity index (χ2n) is 4.09. The second kappa shape index (κ2) is 5.34. The van der Waals surface area contributed by atoms with Crippen LogP contribution in [0.1, 0.15) is 0 Å². The highest BCUT2D eigenvalue weighted by Gasteiger charge is 2.19. The molecule has 6 heteroatoms. The zero-order chi connectivity index (χ0) is 11.8. The van der Waals surface area contributed by atoms with Crippen LogP contribution in [0.5, 0.6) is 0 Å². The van der Waals surface area contributed by atoms with Crippen LogP contribution in [0.25, 0.3) is 11.0 Å². The van der Waals surface area contributed by atoms with Crippen molar-refractivity contribution in [3.8, 4) is 0 Å². The van der Waals surface area contributed by atoms with Crippen molar-refractivity contribution in [1.29, 1.82) is 0 Å². The summed E-state index contributed by atoms with van der Waals surface area (Å²) in [7, 11) is 0. The summed E-state index contributed by atoms with van der Waals surface area (Å²) in [5.74, 6) is -0.408. The van der Waals surface area contributed by atoms with Crippen molar-refractivity contribution in [2.24, 2.45) is 0 Å². The molecule has 1 fully saturated rings. The topological polar surface area (TPSA) is 28.4 Å². The van der Waals surface area contributed by atoms with Crippen LogP contribution < -0.4 is 10.2 Å². The van der Waals surface area contributed by atoms with E-state index in [0.29, 0.717) is 11.0 Å². The number of anilines is 1. The third-order valence-corrected chi connectivity index (χ3v) is 3.34. The van der Waals surface area contributed by atoms with E-state index in [1.165, 1.54) is 6.26 Å². The van der Waals surface area contributed by atoms with Gasteiger partial charge >= 0.3 is 0 Å². The lowest BCUT2D eigenvalue weighted by atomic mass is 10.2. The summed E-state index contributed by atoms with van der Waals surface area (Å²) in [6.45, 7) is 3.57. The molecule has 1 aliphatic heterocycles. The molecule has 3 rings (SSSR count). The number of hydrogen-bond donors (Lipinski definition) is 1. The number of fused-ring (bicyclic) bond motifs is 1. The molecule has 18 heavy (non-hydrogen) atoms. The monoisotopic (exact) mass is 290 g/mol. The fourth-order valence-corrected chi connectivity index (χ4v) is 2.40. The number of furan rings is 1. The van der Waals surface area contributed by atoms with Crippen LogP contribution in [0.3, 0.4) is 0 Å². The largest absolute Gasteiger partial charge is 0.462 e. The van der Waals surface area contributed by atoms with E-state index in [1.807, 2.05) is 0 Å². The van der Waals surface area contributed by atoms with Gasteiger partial charge in [-0.3, -0.25) is 0 Å². The summed E-state index contributed by atoms with van der Waals surface area (Å²) in [5, 5.41) is 3.87. The first-order valence-electron chi connectivity index (χ1n) is 5.58. The van der Waals surface area contributed by atoms with Crippen LogP contribution in [0.4, 0.5) is 10.1 Å². The first-order valence-corrected chi connectivity index (χ1v) is 5.96. The molecule has 0 aliphatic carbocycles. The zero-order valence-corrected chi connectivity index (χ0v) is 11.2.